The first-order valence-electron chi connectivity index (χ1n) is 6.22. The molecule has 102 valence electrons. The predicted molar refractivity (Wildman–Crippen MR) is 76.6 cm³/mol. The summed E-state index contributed by atoms with van der Waals surface area (Å²) in [6, 6.07) is 11.6. The highest BCUT2D eigenvalue weighted by atomic mass is 16.5. The van der Waals surface area contributed by atoms with E-state index in [4.69, 9.17) is 10.00 Å². The minimum atomic E-state index is 0.383. The van der Waals surface area contributed by atoms with Crippen molar-refractivity contribution in [1.29, 1.82) is 5.26 Å². The van der Waals surface area contributed by atoms with E-state index < -0.39 is 0 Å². The highest BCUT2D eigenvalue weighted by molar-refractivity contribution is 5.43. The number of aromatic nitrogens is 2. The molecule has 0 spiro atoms. The van der Waals surface area contributed by atoms with Crippen molar-refractivity contribution in [3.8, 4) is 11.8 Å². The first-order valence-corrected chi connectivity index (χ1v) is 6.22. The Bertz CT molecular complexity index is 631. The monoisotopic (exact) mass is 268 g/mol. The van der Waals surface area contributed by atoms with Gasteiger partial charge in [0.05, 0.1) is 7.11 Å². The number of hydrogen-bond donors (Lipinski definition) is 0. The Morgan fingerprint density at radius 3 is 2.55 bits per heavy atom. The fraction of sp³-hybridized carbons (Fsp3) is 0.267. The van der Waals surface area contributed by atoms with Crippen molar-refractivity contribution in [1.82, 2.24) is 9.97 Å². The molecule has 0 bridgehead atoms. The normalized spacial score (nSPS) is 9.90. The highest BCUT2D eigenvalue weighted by Crippen LogP contribution is 2.16. The zero-order valence-electron chi connectivity index (χ0n) is 11.8. The van der Waals surface area contributed by atoms with E-state index in [9.17, 15) is 0 Å². The molecule has 0 saturated heterocycles. The van der Waals surface area contributed by atoms with Crippen LogP contribution < -0.4 is 9.64 Å². The molecule has 0 fully saturated rings. The van der Waals surface area contributed by atoms with Crippen LogP contribution in [0.1, 0.15) is 17.1 Å². The first kappa shape index (κ1) is 13.8. The second-order valence-corrected chi connectivity index (χ2v) is 4.47. The van der Waals surface area contributed by atoms with Crippen molar-refractivity contribution in [2.45, 2.75) is 13.5 Å². The van der Waals surface area contributed by atoms with E-state index >= 15 is 0 Å². The molecule has 0 saturated carbocycles. The number of benzene rings is 1. The maximum absolute atomic E-state index is 8.94. The Labute approximate surface area is 118 Å². The minimum Gasteiger partial charge on any atom is -0.497 e. The zero-order chi connectivity index (χ0) is 14.5. The second kappa shape index (κ2) is 6.02. The molecular weight excluding hydrogens is 252 g/mol. The summed E-state index contributed by atoms with van der Waals surface area (Å²) in [7, 11) is 3.58. The van der Waals surface area contributed by atoms with Crippen molar-refractivity contribution >= 4 is 5.82 Å². The number of nitriles is 1. The standard InChI is InChI=1S/C15H16N4O/c1-11-17-13(9-16)8-15(18-11)19(2)10-12-4-6-14(20-3)7-5-12/h4-8H,10H2,1-3H3. The van der Waals surface area contributed by atoms with Crippen LogP contribution in [-0.2, 0) is 6.54 Å². The van der Waals surface area contributed by atoms with E-state index in [1.165, 1.54) is 0 Å². The van der Waals surface area contributed by atoms with Gasteiger partial charge in [0, 0.05) is 19.7 Å². The maximum Gasteiger partial charge on any atom is 0.146 e. The number of methoxy groups -OCH3 is 1. The Morgan fingerprint density at radius 1 is 1.25 bits per heavy atom. The Morgan fingerprint density at radius 2 is 1.95 bits per heavy atom. The largest absolute Gasteiger partial charge is 0.497 e. The van der Waals surface area contributed by atoms with Crippen LogP contribution >= 0.6 is 0 Å². The number of anilines is 1. The highest BCUT2D eigenvalue weighted by Gasteiger charge is 2.07. The molecule has 0 atom stereocenters. The summed E-state index contributed by atoms with van der Waals surface area (Å²) in [6.07, 6.45) is 0. The fourth-order valence-corrected chi connectivity index (χ4v) is 1.89. The molecule has 0 unspecified atom stereocenters. The number of nitrogens with zero attached hydrogens (tertiary/aromatic N) is 4. The topological polar surface area (TPSA) is 62.0 Å². The third kappa shape index (κ3) is 3.23. The van der Waals surface area contributed by atoms with Crippen LogP contribution in [0.4, 0.5) is 5.82 Å². The van der Waals surface area contributed by atoms with Gasteiger partial charge >= 0.3 is 0 Å². The lowest BCUT2D eigenvalue weighted by Crippen LogP contribution is -2.18. The van der Waals surface area contributed by atoms with Crippen LogP contribution in [0.2, 0.25) is 0 Å². The van der Waals surface area contributed by atoms with E-state index in [1.54, 1.807) is 20.1 Å². The molecule has 5 nitrogen and oxygen atoms in total. The van der Waals surface area contributed by atoms with Crippen LogP contribution in [0.5, 0.6) is 5.75 Å². The van der Waals surface area contributed by atoms with E-state index in [0.29, 0.717) is 18.1 Å². The number of hydrogen-bond acceptors (Lipinski definition) is 5. The van der Waals surface area contributed by atoms with Gasteiger partial charge in [-0.05, 0) is 24.6 Å². The number of ether oxygens (including phenoxy) is 1. The van der Waals surface area contributed by atoms with Gasteiger partial charge in [0.1, 0.15) is 29.2 Å². The van der Waals surface area contributed by atoms with Gasteiger partial charge in [-0.25, -0.2) is 9.97 Å². The maximum atomic E-state index is 8.94. The van der Waals surface area contributed by atoms with Gasteiger partial charge in [-0.2, -0.15) is 5.26 Å². The van der Waals surface area contributed by atoms with Crippen molar-refractivity contribution < 1.29 is 4.74 Å². The van der Waals surface area contributed by atoms with Crippen molar-refractivity contribution in [2.24, 2.45) is 0 Å². The molecule has 1 heterocycles. The minimum absolute atomic E-state index is 0.383. The third-order valence-electron chi connectivity index (χ3n) is 2.91. The van der Waals surface area contributed by atoms with Gasteiger partial charge in [-0.3, -0.25) is 0 Å². The molecule has 0 aliphatic heterocycles. The average Bonchev–Trinajstić information content (AvgIpc) is 2.47. The molecule has 0 amide bonds. The Balaban J connectivity index is 2.16. The van der Waals surface area contributed by atoms with E-state index in [0.717, 1.165) is 17.1 Å². The summed E-state index contributed by atoms with van der Waals surface area (Å²) in [5.41, 5.74) is 1.53. The van der Waals surface area contributed by atoms with Gasteiger partial charge < -0.3 is 9.64 Å². The molecule has 1 aromatic carbocycles. The lowest BCUT2D eigenvalue weighted by Gasteiger charge is -2.18. The van der Waals surface area contributed by atoms with E-state index in [2.05, 4.69) is 9.97 Å². The van der Waals surface area contributed by atoms with Crippen LogP contribution in [0, 0.1) is 18.3 Å². The van der Waals surface area contributed by atoms with Crippen molar-refractivity contribution in [2.75, 3.05) is 19.1 Å². The molecule has 20 heavy (non-hydrogen) atoms. The number of rotatable bonds is 4. The number of aryl methyl sites for hydroxylation is 1. The summed E-state index contributed by atoms with van der Waals surface area (Å²) >= 11 is 0. The Kier molecular flexibility index (Phi) is 4.16. The molecule has 0 N–H and O–H groups in total. The predicted octanol–water partition coefficient (Wildman–Crippen LogP) is 2.30. The summed E-state index contributed by atoms with van der Waals surface area (Å²) < 4.78 is 5.13. The van der Waals surface area contributed by atoms with Crippen LogP contribution in [0.3, 0.4) is 0 Å². The summed E-state index contributed by atoms with van der Waals surface area (Å²) in [5.74, 6) is 2.17. The Hall–Kier alpha value is -2.61. The van der Waals surface area contributed by atoms with E-state index in [-0.39, 0.29) is 0 Å². The molecule has 5 heteroatoms. The SMILES string of the molecule is COc1ccc(CN(C)c2cc(C#N)nc(C)n2)cc1. The molecule has 0 radical (unpaired) electrons. The molecule has 0 aliphatic carbocycles. The lowest BCUT2D eigenvalue weighted by atomic mass is 10.2. The summed E-state index contributed by atoms with van der Waals surface area (Å²) in [6.45, 7) is 2.48. The van der Waals surface area contributed by atoms with Crippen LogP contribution in [-0.4, -0.2) is 24.1 Å². The van der Waals surface area contributed by atoms with Crippen LogP contribution in [0.25, 0.3) is 0 Å². The molecule has 1 aromatic heterocycles. The summed E-state index contributed by atoms with van der Waals surface area (Å²) in [5, 5.41) is 8.94. The molecular formula is C15H16N4O. The first-order chi connectivity index (χ1) is 9.62. The summed E-state index contributed by atoms with van der Waals surface area (Å²) in [4.78, 5) is 10.4. The van der Waals surface area contributed by atoms with Gasteiger partial charge in [0.25, 0.3) is 0 Å². The zero-order valence-corrected chi connectivity index (χ0v) is 11.8. The van der Waals surface area contributed by atoms with Gasteiger partial charge in [0.2, 0.25) is 0 Å². The van der Waals surface area contributed by atoms with E-state index in [1.807, 2.05) is 42.3 Å². The molecule has 2 aromatic rings. The van der Waals surface area contributed by atoms with Gasteiger partial charge in [-0.15, -0.1) is 0 Å². The van der Waals surface area contributed by atoms with Crippen LogP contribution in [0.15, 0.2) is 30.3 Å². The molecule has 2 rings (SSSR count). The quantitative estimate of drug-likeness (QED) is 0.851. The van der Waals surface area contributed by atoms with Crippen molar-refractivity contribution in [3.63, 3.8) is 0 Å². The van der Waals surface area contributed by atoms with Gasteiger partial charge in [0.15, 0.2) is 0 Å². The smallest absolute Gasteiger partial charge is 0.146 e. The lowest BCUT2D eigenvalue weighted by molar-refractivity contribution is 0.414. The van der Waals surface area contributed by atoms with Gasteiger partial charge in [-0.1, -0.05) is 12.1 Å². The molecule has 0 aliphatic rings. The third-order valence-corrected chi connectivity index (χ3v) is 2.91. The fourth-order valence-electron chi connectivity index (χ4n) is 1.89. The van der Waals surface area contributed by atoms with Crippen molar-refractivity contribution in [3.05, 3.63) is 47.4 Å². The second-order valence-electron chi connectivity index (χ2n) is 4.47. The average molecular weight is 268 g/mol.